The molecule has 148 valence electrons. The van der Waals surface area contributed by atoms with E-state index in [1.807, 2.05) is 34.7 Å². The Hall–Kier alpha value is -3.13. The van der Waals surface area contributed by atoms with E-state index in [9.17, 15) is 4.39 Å². The Kier molecular flexibility index (Phi) is 4.55. The van der Waals surface area contributed by atoms with Gasteiger partial charge in [-0.2, -0.15) is 14.6 Å². The molecular formula is C21H21FN6O. The lowest BCUT2D eigenvalue weighted by Crippen LogP contribution is -2.19. The third-order valence-electron chi connectivity index (χ3n) is 5.23. The number of nitrogens with zero attached hydrogens (tertiary/aromatic N) is 6. The fourth-order valence-electron chi connectivity index (χ4n) is 3.73. The molecule has 1 saturated heterocycles. The van der Waals surface area contributed by atoms with Crippen molar-refractivity contribution in [1.82, 2.24) is 29.5 Å². The zero-order valence-corrected chi connectivity index (χ0v) is 16.1. The lowest BCUT2D eigenvalue weighted by molar-refractivity contribution is -0.0365. The highest BCUT2D eigenvalue weighted by Crippen LogP contribution is 2.33. The van der Waals surface area contributed by atoms with Crippen molar-refractivity contribution in [2.24, 2.45) is 0 Å². The average molecular weight is 392 g/mol. The molecule has 0 aliphatic carbocycles. The van der Waals surface area contributed by atoms with E-state index in [1.54, 1.807) is 18.3 Å². The van der Waals surface area contributed by atoms with Crippen molar-refractivity contribution in [2.45, 2.75) is 39.0 Å². The van der Waals surface area contributed by atoms with E-state index in [2.05, 4.69) is 15.1 Å². The molecule has 0 N–H and O–H groups in total. The van der Waals surface area contributed by atoms with Gasteiger partial charge in [-0.15, -0.1) is 0 Å². The quantitative estimate of drug-likeness (QED) is 0.487. The molecule has 0 saturated carbocycles. The van der Waals surface area contributed by atoms with Gasteiger partial charge < -0.3 is 4.74 Å². The molecule has 1 atom stereocenters. The number of hydrogen-bond acceptors (Lipinski definition) is 5. The minimum Gasteiger partial charge on any atom is -0.356 e. The van der Waals surface area contributed by atoms with Crippen LogP contribution in [0.25, 0.3) is 33.5 Å². The standard InChI is InChI=1S/C21H21FN6O/c1-2-27-13-14(11-24-27)17-10-15-18(12-23-17)28(20-8-3-4-9-29-20)26-21(15)16-6-5-7-19(22)25-16/h5-7,10-13,20H,2-4,8-9H2,1H3. The van der Waals surface area contributed by atoms with Gasteiger partial charge >= 0.3 is 0 Å². The molecule has 0 amide bonds. The number of aryl methyl sites for hydroxylation is 1. The minimum absolute atomic E-state index is 0.149. The van der Waals surface area contributed by atoms with E-state index >= 15 is 0 Å². The van der Waals surface area contributed by atoms with Gasteiger partial charge in [-0.3, -0.25) is 9.67 Å². The highest BCUT2D eigenvalue weighted by molar-refractivity contribution is 5.94. The van der Waals surface area contributed by atoms with Crippen LogP contribution in [0.3, 0.4) is 0 Å². The van der Waals surface area contributed by atoms with Crippen LogP contribution in [0.2, 0.25) is 0 Å². The maximum atomic E-state index is 13.8. The average Bonchev–Trinajstić information content (AvgIpc) is 3.39. The predicted molar refractivity (Wildman–Crippen MR) is 106 cm³/mol. The normalized spacial score (nSPS) is 17.1. The highest BCUT2D eigenvalue weighted by Gasteiger charge is 2.23. The molecule has 7 nitrogen and oxygen atoms in total. The SMILES string of the molecule is CCn1cc(-c2cc3c(-c4cccc(F)n4)nn(C4CCCCO4)c3cn2)cn1. The van der Waals surface area contributed by atoms with Gasteiger partial charge in [0.2, 0.25) is 5.95 Å². The van der Waals surface area contributed by atoms with Crippen LogP contribution < -0.4 is 0 Å². The van der Waals surface area contributed by atoms with Gasteiger partial charge in [-0.25, -0.2) is 9.67 Å². The Morgan fingerprint density at radius 1 is 1.21 bits per heavy atom. The number of hydrogen-bond donors (Lipinski definition) is 0. The summed E-state index contributed by atoms with van der Waals surface area (Å²) in [4.78, 5) is 8.69. The van der Waals surface area contributed by atoms with Gasteiger partial charge in [0, 0.05) is 30.3 Å². The van der Waals surface area contributed by atoms with Crippen LogP contribution in [0.5, 0.6) is 0 Å². The van der Waals surface area contributed by atoms with E-state index in [0.717, 1.165) is 48.0 Å². The van der Waals surface area contributed by atoms with Crippen molar-refractivity contribution in [1.29, 1.82) is 0 Å². The molecule has 8 heteroatoms. The summed E-state index contributed by atoms with van der Waals surface area (Å²) in [6, 6.07) is 6.72. The number of pyridine rings is 2. The molecule has 0 bridgehead atoms. The maximum absolute atomic E-state index is 13.8. The van der Waals surface area contributed by atoms with Crippen molar-refractivity contribution in [3.05, 3.63) is 48.8 Å². The molecule has 1 unspecified atom stereocenters. The number of fused-ring (bicyclic) bond motifs is 1. The van der Waals surface area contributed by atoms with Crippen LogP contribution in [-0.4, -0.2) is 36.1 Å². The summed E-state index contributed by atoms with van der Waals surface area (Å²) in [6.45, 7) is 3.54. The van der Waals surface area contributed by atoms with E-state index < -0.39 is 5.95 Å². The van der Waals surface area contributed by atoms with E-state index in [1.165, 1.54) is 6.07 Å². The Bertz CT molecular complexity index is 1160. The van der Waals surface area contributed by atoms with Crippen molar-refractivity contribution < 1.29 is 9.13 Å². The van der Waals surface area contributed by atoms with Crippen LogP contribution in [0.4, 0.5) is 4.39 Å². The van der Waals surface area contributed by atoms with E-state index in [-0.39, 0.29) is 6.23 Å². The van der Waals surface area contributed by atoms with Crippen molar-refractivity contribution in [3.8, 4) is 22.6 Å². The molecule has 0 radical (unpaired) electrons. The number of aromatic nitrogens is 6. The minimum atomic E-state index is -0.530. The second-order valence-corrected chi connectivity index (χ2v) is 7.13. The second kappa shape index (κ2) is 7.36. The molecular weight excluding hydrogens is 371 g/mol. The molecule has 1 aliphatic heterocycles. The van der Waals surface area contributed by atoms with Crippen LogP contribution >= 0.6 is 0 Å². The largest absolute Gasteiger partial charge is 0.356 e. The summed E-state index contributed by atoms with van der Waals surface area (Å²) in [5.74, 6) is -0.530. The second-order valence-electron chi connectivity index (χ2n) is 7.13. The third-order valence-corrected chi connectivity index (χ3v) is 5.23. The molecule has 5 heterocycles. The zero-order chi connectivity index (χ0) is 19.8. The fraction of sp³-hybridized carbons (Fsp3) is 0.333. The molecule has 4 aromatic heterocycles. The van der Waals surface area contributed by atoms with Crippen LogP contribution in [0.1, 0.15) is 32.4 Å². The monoisotopic (exact) mass is 392 g/mol. The fourth-order valence-corrected chi connectivity index (χ4v) is 3.73. The molecule has 29 heavy (non-hydrogen) atoms. The van der Waals surface area contributed by atoms with Gasteiger partial charge in [-0.05, 0) is 44.4 Å². The zero-order valence-electron chi connectivity index (χ0n) is 16.1. The Morgan fingerprint density at radius 3 is 2.90 bits per heavy atom. The third kappa shape index (κ3) is 3.29. The first-order valence-corrected chi connectivity index (χ1v) is 9.88. The van der Waals surface area contributed by atoms with E-state index in [0.29, 0.717) is 18.0 Å². The summed E-state index contributed by atoms with van der Waals surface area (Å²) >= 11 is 0. The molecule has 5 rings (SSSR count). The predicted octanol–water partition coefficient (Wildman–Crippen LogP) is 4.21. The molecule has 0 aromatic carbocycles. The lowest BCUT2D eigenvalue weighted by atomic mass is 10.1. The summed E-state index contributed by atoms with van der Waals surface area (Å²) < 4.78 is 23.5. The summed E-state index contributed by atoms with van der Waals surface area (Å²) in [7, 11) is 0. The van der Waals surface area contributed by atoms with Crippen molar-refractivity contribution in [2.75, 3.05) is 6.61 Å². The summed E-state index contributed by atoms with van der Waals surface area (Å²) in [5, 5.41) is 9.99. The van der Waals surface area contributed by atoms with Crippen LogP contribution in [-0.2, 0) is 11.3 Å². The number of halogens is 1. The molecule has 1 fully saturated rings. The first kappa shape index (κ1) is 17.9. The van der Waals surface area contributed by atoms with E-state index in [4.69, 9.17) is 9.84 Å². The number of rotatable bonds is 4. The Labute approximate surface area is 167 Å². The van der Waals surface area contributed by atoms with Crippen molar-refractivity contribution >= 4 is 10.9 Å². The van der Waals surface area contributed by atoms with Gasteiger partial charge in [0.25, 0.3) is 0 Å². The van der Waals surface area contributed by atoms with Gasteiger partial charge in [0.15, 0.2) is 6.23 Å². The first-order valence-electron chi connectivity index (χ1n) is 9.88. The number of ether oxygens (including phenoxy) is 1. The van der Waals surface area contributed by atoms with Crippen molar-refractivity contribution in [3.63, 3.8) is 0 Å². The molecule has 0 spiro atoms. The van der Waals surface area contributed by atoms with Crippen LogP contribution in [0.15, 0.2) is 42.9 Å². The summed E-state index contributed by atoms with van der Waals surface area (Å²) in [6.07, 6.45) is 8.44. The Morgan fingerprint density at radius 2 is 2.14 bits per heavy atom. The van der Waals surface area contributed by atoms with Gasteiger partial charge in [-0.1, -0.05) is 6.07 Å². The summed E-state index contributed by atoms with van der Waals surface area (Å²) in [5.41, 5.74) is 3.68. The van der Waals surface area contributed by atoms with Crippen LogP contribution in [0, 0.1) is 5.95 Å². The molecule has 1 aliphatic rings. The molecule has 4 aromatic rings. The lowest BCUT2D eigenvalue weighted by Gasteiger charge is -2.23. The Balaban J connectivity index is 1.68. The van der Waals surface area contributed by atoms with Gasteiger partial charge in [0.1, 0.15) is 5.69 Å². The topological polar surface area (TPSA) is 70.7 Å². The van der Waals surface area contributed by atoms with Gasteiger partial charge in [0.05, 0.1) is 29.3 Å². The maximum Gasteiger partial charge on any atom is 0.213 e. The highest BCUT2D eigenvalue weighted by atomic mass is 19.1. The first-order chi connectivity index (χ1) is 14.2. The smallest absolute Gasteiger partial charge is 0.213 e.